The number of aromatic nitrogens is 3. The summed E-state index contributed by atoms with van der Waals surface area (Å²) in [6, 6.07) is 0.260. The van der Waals surface area contributed by atoms with E-state index in [4.69, 9.17) is 10.5 Å². The summed E-state index contributed by atoms with van der Waals surface area (Å²) in [5.74, 6) is 0.660. The van der Waals surface area contributed by atoms with E-state index < -0.39 is 0 Å². The van der Waals surface area contributed by atoms with Gasteiger partial charge in [0.1, 0.15) is 0 Å². The smallest absolute Gasteiger partial charge is 0.323 e. The first-order valence-electron chi connectivity index (χ1n) is 4.34. The van der Waals surface area contributed by atoms with E-state index in [2.05, 4.69) is 15.0 Å². The van der Waals surface area contributed by atoms with Crippen LogP contribution in [-0.2, 0) is 0 Å². The predicted molar refractivity (Wildman–Crippen MR) is 54.3 cm³/mol. The molecule has 6 heteroatoms. The Morgan fingerprint density at radius 2 is 1.86 bits per heavy atom. The lowest BCUT2D eigenvalue weighted by Crippen LogP contribution is -2.17. The lowest BCUT2D eigenvalue weighted by Gasteiger charge is -2.12. The van der Waals surface area contributed by atoms with Crippen LogP contribution in [0, 0.1) is 0 Å². The normalized spacial score (nSPS) is 10.4. The molecule has 0 fully saturated rings. The Balaban J connectivity index is 2.95. The van der Waals surface area contributed by atoms with Crippen LogP contribution in [0.1, 0.15) is 13.8 Å². The van der Waals surface area contributed by atoms with Gasteiger partial charge >= 0.3 is 6.01 Å². The Kier molecular flexibility index (Phi) is 3.06. The third-order valence-electron chi connectivity index (χ3n) is 1.36. The number of hydrogen-bond donors (Lipinski definition) is 1. The molecule has 14 heavy (non-hydrogen) atoms. The number of hydrogen-bond acceptors (Lipinski definition) is 6. The summed E-state index contributed by atoms with van der Waals surface area (Å²) in [6.07, 6.45) is 0.0202. The van der Waals surface area contributed by atoms with Crippen molar-refractivity contribution in [3.8, 4) is 6.01 Å². The van der Waals surface area contributed by atoms with E-state index in [0.29, 0.717) is 5.95 Å². The van der Waals surface area contributed by atoms with Crippen molar-refractivity contribution < 1.29 is 4.74 Å². The molecule has 0 saturated carbocycles. The van der Waals surface area contributed by atoms with Crippen molar-refractivity contribution in [2.75, 3.05) is 24.7 Å². The maximum atomic E-state index is 5.50. The van der Waals surface area contributed by atoms with Gasteiger partial charge in [0.05, 0.1) is 6.10 Å². The van der Waals surface area contributed by atoms with Gasteiger partial charge in [-0.2, -0.15) is 15.0 Å². The molecule has 0 spiro atoms. The summed E-state index contributed by atoms with van der Waals surface area (Å²) in [5, 5.41) is 0. The molecule has 0 radical (unpaired) electrons. The number of ether oxygens (including phenoxy) is 1. The van der Waals surface area contributed by atoms with Crippen LogP contribution in [0.15, 0.2) is 0 Å². The molecule has 6 nitrogen and oxygen atoms in total. The van der Waals surface area contributed by atoms with Gasteiger partial charge in [-0.15, -0.1) is 0 Å². The van der Waals surface area contributed by atoms with Gasteiger partial charge in [-0.25, -0.2) is 0 Å². The Morgan fingerprint density at radius 1 is 1.21 bits per heavy atom. The van der Waals surface area contributed by atoms with Crippen LogP contribution in [0.2, 0.25) is 0 Å². The predicted octanol–water partition coefficient (Wildman–Crippen LogP) is 0.307. The second-order valence-electron chi connectivity index (χ2n) is 3.34. The minimum atomic E-state index is 0.0202. The number of nitrogens with two attached hydrogens (primary N) is 1. The summed E-state index contributed by atoms with van der Waals surface area (Å²) < 4.78 is 5.32. The molecular formula is C8H15N5O. The van der Waals surface area contributed by atoms with Crippen LogP contribution in [-0.4, -0.2) is 35.2 Å². The highest BCUT2D eigenvalue weighted by molar-refractivity contribution is 5.33. The van der Waals surface area contributed by atoms with Gasteiger partial charge in [0.25, 0.3) is 0 Å². The van der Waals surface area contributed by atoms with Crippen LogP contribution >= 0.6 is 0 Å². The van der Waals surface area contributed by atoms with Crippen molar-refractivity contribution >= 4 is 11.9 Å². The van der Waals surface area contributed by atoms with Crippen LogP contribution in [0.25, 0.3) is 0 Å². The largest absolute Gasteiger partial charge is 0.461 e. The topological polar surface area (TPSA) is 77.2 Å². The molecule has 0 amide bonds. The number of nitrogen functional groups attached to an aromatic ring is 1. The first-order valence-corrected chi connectivity index (χ1v) is 4.34. The minimum Gasteiger partial charge on any atom is -0.461 e. The van der Waals surface area contributed by atoms with Gasteiger partial charge in [0, 0.05) is 14.1 Å². The standard InChI is InChI=1S/C8H15N5O/c1-5(2)14-8-11-6(9)10-7(12-8)13(3)4/h5H,1-4H3,(H2,9,10,11,12). The maximum Gasteiger partial charge on any atom is 0.323 e. The van der Waals surface area contributed by atoms with Crippen molar-refractivity contribution in [2.24, 2.45) is 0 Å². The molecule has 0 aromatic carbocycles. The lowest BCUT2D eigenvalue weighted by atomic mass is 10.5. The molecule has 78 valence electrons. The van der Waals surface area contributed by atoms with Crippen LogP contribution in [0.3, 0.4) is 0 Å². The van der Waals surface area contributed by atoms with Crippen LogP contribution in [0.4, 0.5) is 11.9 Å². The Bertz CT molecular complexity index is 313. The van der Waals surface area contributed by atoms with Crippen LogP contribution in [0.5, 0.6) is 6.01 Å². The third kappa shape index (κ3) is 2.72. The Hall–Kier alpha value is -1.59. The zero-order valence-corrected chi connectivity index (χ0v) is 8.85. The van der Waals surface area contributed by atoms with Gasteiger partial charge in [-0.3, -0.25) is 0 Å². The molecule has 0 saturated heterocycles. The molecule has 1 aromatic heterocycles. The van der Waals surface area contributed by atoms with Crippen molar-refractivity contribution in [3.63, 3.8) is 0 Å². The molecule has 0 unspecified atom stereocenters. The van der Waals surface area contributed by atoms with Crippen molar-refractivity contribution in [1.82, 2.24) is 15.0 Å². The lowest BCUT2D eigenvalue weighted by molar-refractivity contribution is 0.222. The number of anilines is 2. The molecule has 0 aliphatic carbocycles. The zero-order valence-electron chi connectivity index (χ0n) is 8.85. The summed E-state index contributed by atoms with van der Waals surface area (Å²) in [4.78, 5) is 13.6. The van der Waals surface area contributed by atoms with Crippen molar-refractivity contribution in [1.29, 1.82) is 0 Å². The molecule has 0 aliphatic heterocycles. The van der Waals surface area contributed by atoms with Crippen molar-refractivity contribution in [2.45, 2.75) is 20.0 Å². The van der Waals surface area contributed by atoms with Gasteiger partial charge in [-0.05, 0) is 13.8 Å². The van der Waals surface area contributed by atoms with Crippen LogP contribution < -0.4 is 15.4 Å². The first-order chi connectivity index (χ1) is 6.49. The Morgan fingerprint density at radius 3 is 2.36 bits per heavy atom. The van der Waals surface area contributed by atoms with E-state index in [1.807, 2.05) is 27.9 Å². The number of rotatable bonds is 3. The third-order valence-corrected chi connectivity index (χ3v) is 1.36. The molecular weight excluding hydrogens is 182 g/mol. The fourth-order valence-electron chi connectivity index (χ4n) is 0.825. The van der Waals surface area contributed by atoms with Gasteiger partial charge < -0.3 is 15.4 Å². The maximum absolute atomic E-state index is 5.50. The fraction of sp³-hybridized carbons (Fsp3) is 0.625. The van der Waals surface area contributed by atoms with Crippen molar-refractivity contribution in [3.05, 3.63) is 0 Å². The second-order valence-corrected chi connectivity index (χ2v) is 3.34. The quantitative estimate of drug-likeness (QED) is 0.751. The highest BCUT2D eigenvalue weighted by Gasteiger charge is 2.07. The number of nitrogens with zero attached hydrogens (tertiary/aromatic N) is 4. The SMILES string of the molecule is CC(C)Oc1nc(N)nc(N(C)C)n1. The fourth-order valence-corrected chi connectivity index (χ4v) is 0.825. The molecule has 1 aromatic rings. The van der Waals surface area contributed by atoms with E-state index in [0.717, 1.165) is 0 Å². The second kappa shape index (κ2) is 4.08. The molecule has 2 N–H and O–H groups in total. The van der Waals surface area contributed by atoms with E-state index in [1.165, 1.54) is 0 Å². The molecule has 1 heterocycles. The average molecular weight is 197 g/mol. The summed E-state index contributed by atoms with van der Waals surface area (Å²) >= 11 is 0. The highest BCUT2D eigenvalue weighted by atomic mass is 16.5. The van der Waals surface area contributed by atoms with Gasteiger partial charge in [0.2, 0.25) is 11.9 Å². The summed E-state index contributed by atoms with van der Waals surface area (Å²) in [6.45, 7) is 3.80. The van der Waals surface area contributed by atoms with E-state index >= 15 is 0 Å². The minimum absolute atomic E-state index is 0.0202. The van der Waals surface area contributed by atoms with Gasteiger partial charge in [-0.1, -0.05) is 0 Å². The molecule has 1 rings (SSSR count). The summed E-state index contributed by atoms with van der Waals surface area (Å²) in [5.41, 5.74) is 5.50. The van der Waals surface area contributed by atoms with Gasteiger partial charge in [0.15, 0.2) is 0 Å². The summed E-state index contributed by atoms with van der Waals surface area (Å²) in [7, 11) is 3.65. The Labute approximate surface area is 83.1 Å². The first kappa shape index (κ1) is 10.5. The monoisotopic (exact) mass is 197 g/mol. The highest BCUT2D eigenvalue weighted by Crippen LogP contribution is 2.11. The van der Waals surface area contributed by atoms with E-state index in [9.17, 15) is 0 Å². The molecule has 0 bridgehead atoms. The van der Waals surface area contributed by atoms with E-state index in [-0.39, 0.29) is 18.1 Å². The molecule has 0 aliphatic rings. The van der Waals surface area contributed by atoms with E-state index in [1.54, 1.807) is 4.90 Å². The molecule has 0 atom stereocenters. The zero-order chi connectivity index (χ0) is 10.7. The average Bonchev–Trinajstić information content (AvgIpc) is 2.01.